The molecule has 1 fully saturated rings. The molecule has 4 N–H and O–H groups in total. The molecule has 2 aromatic heterocycles. The minimum Gasteiger partial charge on any atom is -0.378 e. The van der Waals surface area contributed by atoms with Gasteiger partial charge in [0.1, 0.15) is 11.5 Å². The smallest absolute Gasteiger partial charge is 0.231 e. The number of hydrogen-bond acceptors (Lipinski definition) is 7. The normalized spacial score (nSPS) is 13.7. The molecule has 2 aromatic carbocycles. The minimum absolute atomic E-state index is 0.117. The Kier molecular flexibility index (Phi) is 5.77. The Bertz CT molecular complexity index is 1260. The second-order valence-corrected chi connectivity index (χ2v) is 7.79. The molecule has 0 atom stereocenters. The predicted molar refractivity (Wildman–Crippen MR) is 131 cm³/mol. The van der Waals surface area contributed by atoms with Crippen molar-refractivity contribution in [2.75, 3.05) is 47.2 Å². The number of amides is 1. The quantitative estimate of drug-likeness (QED) is 0.353. The summed E-state index contributed by atoms with van der Waals surface area (Å²) in [5.41, 5.74) is 4.31. The number of aromatic amines is 1. The number of nitrogens with zero attached hydrogens (tertiary/aromatic N) is 3. The fraction of sp³-hybridized carbons (Fsp3) is 0.208. The number of benzene rings is 2. The van der Waals surface area contributed by atoms with Crippen LogP contribution in [0.3, 0.4) is 0 Å². The van der Waals surface area contributed by atoms with Gasteiger partial charge in [-0.05, 0) is 48.5 Å². The van der Waals surface area contributed by atoms with Crippen LogP contribution in [0.1, 0.15) is 6.92 Å². The van der Waals surface area contributed by atoms with Gasteiger partial charge in [0.15, 0.2) is 0 Å². The highest BCUT2D eigenvalue weighted by Gasteiger charge is 2.12. The first-order chi connectivity index (χ1) is 16.1. The summed E-state index contributed by atoms with van der Waals surface area (Å²) in [6, 6.07) is 17.7. The fourth-order valence-corrected chi connectivity index (χ4v) is 3.81. The van der Waals surface area contributed by atoms with Gasteiger partial charge >= 0.3 is 0 Å². The Morgan fingerprint density at radius 2 is 1.76 bits per heavy atom. The maximum absolute atomic E-state index is 11.4. The summed E-state index contributed by atoms with van der Waals surface area (Å²) in [6.07, 6.45) is 1.83. The lowest BCUT2D eigenvalue weighted by Gasteiger charge is -2.28. The number of anilines is 6. The van der Waals surface area contributed by atoms with E-state index in [2.05, 4.69) is 43.0 Å². The predicted octanol–water partition coefficient (Wildman–Crippen LogP) is 4.24. The zero-order valence-electron chi connectivity index (χ0n) is 18.3. The number of aromatic nitrogens is 3. The molecule has 9 nitrogen and oxygen atoms in total. The first-order valence-electron chi connectivity index (χ1n) is 10.8. The van der Waals surface area contributed by atoms with Gasteiger partial charge in [0.25, 0.3) is 0 Å². The summed E-state index contributed by atoms with van der Waals surface area (Å²) in [5, 5.41) is 10.3. The molecule has 0 unspecified atom stereocenters. The van der Waals surface area contributed by atoms with Crippen molar-refractivity contribution in [2.45, 2.75) is 6.92 Å². The van der Waals surface area contributed by atoms with Gasteiger partial charge in [-0.15, -0.1) is 0 Å². The molecular weight excluding hydrogens is 418 g/mol. The molecule has 1 aliphatic heterocycles. The van der Waals surface area contributed by atoms with Crippen molar-refractivity contribution in [3.8, 4) is 0 Å². The van der Waals surface area contributed by atoms with Gasteiger partial charge in [-0.1, -0.05) is 6.07 Å². The Hall–Kier alpha value is -4.11. The van der Waals surface area contributed by atoms with Crippen LogP contribution in [-0.2, 0) is 9.53 Å². The van der Waals surface area contributed by atoms with Crippen molar-refractivity contribution >= 4 is 51.5 Å². The summed E-state index contributed by atoms with van der Waals surface area (Å²) in [5.74, 6) is 1.02. The Balaban J connectivity index is 1.37. The molecule has 168 valence electrons. The number of nitrogens with one attached hydrogen (secondary N) is 4. The number of ether oxygens (including phenoxy) is 1. The van der Waals surface area contributed by atoms with Crippen molar-refractivity contribution in [1.29, 1.82) is 0 Å². The highest BCUT2D eigenvalue weighted by Crippen LogP contribution is 2.27. The van der Waals surface area contributed by atoms with Crippen LogP contribution in [0, 0.1) is 0 Å². The van der Waals surface area contributed by atoms with Gasteiger partial charge in [0.05, 0.1) is 18.6 Å². The van der Waals surface area contributed by atoms with Crippen LogP contribution in [0.15, 0.2) is 60.8 Å². The van der Waals surface area contributed by atoms with Crippen LogP contribution in [0.5, 0.6) is 0 Å². The number of rotatable bonds is 6. The summed E-state index contributed by atoms with van der Waals surface area (Å²) >= 11 is 0. The second kappa shape index (κ2) is 9.17. The molecule has 1 aliphatic rings. The fourth-order valence-electron chi connectivity index (χ4n) is 3.81. The standard InChI is InChI=1S/C24H25N7O2/c1-16(32)26-18-3-2-4-19(15-18)27-23-21-9-10-25-22(21)29-24(30-23)28-17-5-7-20(8-6-17)31-11-13-33-14-12-31/h2-10,15H,11-14H2,1H3,(H,26,32)(H3,25,27,28,29,30). The number of hydrogen-bond donors (Lipinski definition) is 4. The topological polar surface area (TPSA) is 107 Å². The summed E-state index contributed by atoms with van der Waals surface area (Å²) < 4.78 is 5.43. The number of H-pyrrole nitrogens is 1. The first kappa shape index (κ1) is 20.8. The van der Waals surface area contributed by atoms with Crippen molar-refractivity contribution < 1.29 is 9.53 Å². The molecule has 0 spiro atoms. The van der Waals surface area contributed by atoms with Gasteiger partial charge < -0.3 is 30.6 Å². The highest BCUT2D eigenvalue weighted by atomic mass is 16.5. The van der Waals surface area contributed by atoms with E-state index >= 15 is 0 Å². The molecule has 0 radical (unpaired) electrons. The van der Waals surface area contributed by atoms with Crippen molar-refractivity contribution in [3.05, 3.63) is 60.8 Å². The first-order valence-corrected chi connectivity index (χ1v) is 10.8. The molecule has 0 aliphatic carbocycles. The largest absolute Gasteiger partial charge is 0.378 e. The molecular formula is C24H25N7O2. The van der Waals surface area contributed by atoms with E-state index in [0.29, 0.717) is 17.5 Å². The Labute approximate surface area is 191 Å². The summed E-state index contributed by atoms with van der Waals surface area (Å²) in [6.45, 7) is 4.80. The molecule has 3 heterocycles. The Morgan fingerprint density at radius 1 is 0.970 bits per heavy atom. The summed E-state index contributed by atoms with van der Waals surface area (Å²) in [4.78, 5) is 26.1. The SMILES string of the molecule is CC(=O)Nc1cccc(Nc2nc(Nc3ccc(N4CCOCC4)cc3)nc3[nH]ccc23)c1. The van der Waals surface area contributed by atoms with Crippen molar-refractivity contribution in [1.82, 2.24) is 15.0 Å². The zero-order chi connectivity index (χ0) is 22.6. The maximum atomic E-state index is 11.4. The molecule has 4 aromatic rings. The van der Waals surface area contributed by atoms with Crippen molar-refractivity contribution in [2.24, 2.45) is 0 Å². The van der Waals surface area contributed by atoms with Crippen LogP contribution in [0.4, 0.5) is 34.5 Å². The monoisotopic (exact) mass is 443 g/mol. The van der Waals surface area contributed by atoms with E-state index < -0.39 is 0 Å². The van der Waals surface area contributed by atoms with Gasteiger partial charge in [0, 0.05) is 49.0 Å². The van der Waals surface area contributed by atoms with E-state index in [1.165, 1.54) is 12.6 Å². The second-order valence-electron chi connectivity index (χ2n) is 7.79. The molecule has 33 heavy (non-hydrogen) atoms. The van der Waals surface area contributed by atoms with Crippen LogP contribution in [0.25, 0.3) is 11.0 Å². The highest BCUT2D eigenvalue weighted by molar-refractivity contribution is 5.92. The van der Waals surface area contributed by atoms with E-state index in [1.54, 1.807) is 0 Å². The Morgan fingerprint density at radius 3 is 2.55 bits per heavy atom. The van der Waals surface area contributed by atoms with Gasteiger partial charge in [-0.3, -0.25) is 4.79 Å². The van der Waals surface area contributed by atoms with E-state index in [4.69, 9.17) is 9.72 Å². The minimum atomic E-state index is -0.117. The summed E-state index contributed by atoms with van der Waals surface area (Å²) in [7, 11) is 0. The molecule has 0 bridgehead atoms. The number of morpholine rings is 1. The van der Waals surface area contributed by atoms with Crippen LogP contribution < -0.4 is 20.9 Å². The van der Waals surface area contributed by atoms with Gasteiger partial charge in [-0.25, -0.2) is 0 Å². The third-order valence-electron chi connectivity index (χ3n) is 5.36. The third kappa shape index (κ3) is 4.88. The van der Waals surface area contributed by atoms with E-state index in [0.717, 1.165) is 48.7 Å². The third-order valence-corrected chi connectivity index (χ3v) is 5.36. The number of carbonyl (C=O) groups is 1. The molecule has 1 amide bonds. The van der Waals surface area contributed by atoms with Gasteiger partial charge in [0.2, 0.25) is 11.9 Å². The lowest BCUT2D eigenvalue weighted by molar-refractivity contribution is -0.114. The van der Waals surface area contributed by atoms with Crippen molar-refractivity contribution in [3.63, 3.8) is 0 Å². The van der Waals surface area contributed by atoms with Gasteiger partial charge in [-0.2, -0.15) is 9.97 Å². The molecule has 9 heteroatoms. The average molecular weight is 444 g/mol. The molecule has 5 rings (SSSR count). The van der Waals surface area contributed by atoms with E-state index in [-0.39, 0.29) is 5.91 Å². The lowest BCUT2D eigenvalue weighted by Crippen LogP contribution is -2.36. The average Bonchev–Trinajstić information content (AvgIpc) is 3.29. The number of carbonyl (C=O) groups excluding carboxylic acids is 1. The van der Waals surface area contributed by atoms with Crippen LogP contribution >= 0.6 is 0 Å². The van der Waals surface area contributed by atoms with E-state index in [1.807, 2.05) is 48.7 Å². The zero-order valence-corrected chi connectivity index (χ0v) is 18.3. The maximum Gasteiger partial charge on any atom is 0.231 e. The van der Waals surface area contributed by atoms with E-state index in [9.17, 15) is 4.79 Å². The van der Waals surface area contributed by atoms with Crippen LogP contribution in [0.2, 0.25) is 0 Å². The van der Waals surface area contributed by atoms with Crippen LogP contribution in [-0.4, -0.2) is 47.2 Å². The molecule has 0 saturated carbocycles. The lowest BCUT2D eigenvalue weighted by atomic mass is 10.2. The number of fused-ring (bicyclic) bond motifs is 1. The molecule has 1 saturated heterocycles.